The predicted molar refractivity (Wildman–Crippen MR) is 112 cm³/mol. The number of rotatable bonds is 6. The average molecular weight is 400 g/mol. The number of aryl methyl sites for hydroxylation is 2. The van der Waals surface area contributed by atoms with Gasteiger partial charge >= 0.3 is 0 Å². The van der Waals surface area contributed by atoms with Crippen molar-refractivity contribution in [3.63, 3.8) is 0 Å². The van der Waals surface area contributed by atoms with Gasteiger partial charge in [-0.1, -0.05) is 43.1 Å². The number of methoxy groups -OCH3 is 1. The van der Waals surface area contributed by atoms with Crippen molar-refractivity contribution < 1.29 is 9.53 Å². The third kappa shape index (κ3) is 3.87. The van der Waals surface area contributed by atoms with Gasteiger partial charge in [-0.15, -0.1) is 0 Å². The smallest absolute Gasteiger partial charge is 0.276 e. The Bertz CT molecular complexity index is 1090. The molecule has 0 aliphatic heterocycles. The molecular formula is C21H22ClN3O3. The fraction of sp³-hybridized carbons (Fsp3) is 0.286. The number of carbonyl (C=O) groups is 1. The second kappa shape index (κ2) is 8.44. The van der Waals surface area contributed by atoms with Crippen LogP contribution in [0.1, 0.15) is 35.8 Å². The van der Waals surface area contributed by atoms with Crippen LogP contribution in [0.25, 0.3) is 10.8 Å². The number of nitrogens with one attached hydrogen (secondary N) is 1. The van der Waals surface area contributed by atoms with Gasteiger partial charge in [0.05, 0.1) is 18.2 Å². The summed E-state index contributed by atoms with van der Waals surface area (Å²) in [6, 6.07) is 10.4. The van der Waals surface area contributed by atoms with E-state index in [1.54, 1.807) is 36.4 Å². The number of anilines is 1. The monoisotopic (exact) mass is 399 g/mol. The Morgan fingerprint density at radius 2 is 1.96 bits per heavy atom. The molecule has 0 spiro atoms. The van der Waals surface area contributed by atoms with Crippen molar-refractivity contribution in [2.45, 2.75) is 33.2 Å². The number of benzene rings is 2. The van der Waals surface area contributed by atoms with Crippen LogP contribution in [0.15, 0.2) is 41.2 Å². The van der Waals surface area contributed by atoms with Crippen molar-refractivity contribution in [3.05, 3.63) is 63.0 Å². The molecule has 6 nitrogen and oxygen atoms in total. The molecule has 3 rings (SSSR count). The lowest BCUT2D eigenvalue weighted by molar-refractivity contribution is 0.102. The first-order valence-corrected chi connectivity index (χ1v) is 9.49. The van der Waals surface area contributed by atoms with Gasteiger partial charge in [0.25, 0.3) is 11.5 Å². The van der Waals surface area contributed by atoms with Gasteiger partial charge in [-0.2, -0.15) is 5.10 Å². The zero-order valence-corrected chi connectivity index (χ0v) is 16.8. The van der Waals surface area contributed by atoms with Crippen molar-refractivity contribution >= 4 is 34.0 Å². The molecule has 7 heteroatoms. The Kier molecular flexibility index (Phi) is 5.99. The molecule has 0 atom stereocenters. The van der Waals surface area contributed by atoms with Gasteiger partial charge in [0.2, 0.25) is 0 Å². The quantitative estimate of drug-likeness (QED) is 0.665. The van der Waals surface area contributed by atoms with E-state index in [9.17, 15) is 9.59 Å². The fourth-order valence-electron chi connectivity index (χ4n) is 2.97. The van der Waals surface area contributed by atoms with Gasteiger partial charge in [0.15, 0.2) is 5.69 Å². The number of aromatic nitrogens is 2. The Morgan fingerprint density at radius 3 is 2.64 bits per heavy atom. The van der Waals surface area contributed by atoms with E-state index < -0.39 is 5.91 Å². The number of amides is 1. The van der Waals surface area contributed by atoms with E-state index in [-0.39, 0.29) is 11.3 Å². The Labute approximate surface area is 168 Å². The van der Waals surface area contributed by atoms with Crippen LogP contribution in [0.2, 0.25) is 5.02 Å². The molecule has 2 aromatic carbocycles. The number of carbonyl (C=O) groups excluding carboxylic acids is 1. The maximum absolute atomic E-state index is 13.1. The highest BCUT2D eigenvalue weighted by Gasteiger charge is 2.18. The van der Waals surface area contributed by atoms with Crippen LogP contribution >= 0.6 is 11.6 Å². The molecule has 0 unspecified atom stereocenters. The number of fused-ring (bicyclic) bond motifs is 1. The summed E-state index contributed by atoms with van der Waals surface area (Å²) in [5, 5.41) is 8.73. The van der Waals surface area contributed by atoms with E-state index in [1.165, 1.54) is 11.8 Å². The first kappa shape index (κ1) is 19.9. The summed E-state index contributed by atoms with van der Waals surface area (Å²) in [6.07, 6.45) is 1.72. The zero-order chi connectivity index (χ0) is 20.3. The van der Waals surface area contributed by atoms with E-state index in [2.05, 4.69) is 10.4 Å². The summed E-state index contributed by atoms with van der Waals surface area (Å²) in [5.74, 6) is 0.0361. The van der Waals surface area contributed by atoms with Crippen LogP contribution < -0.4 is 15.6 Å². The molecule has 1 aromatic heterocycles. The van der Waals surface area contributed by atoms with Gasteiger partial charge in [-0.05, 0) is 31.0 Å². The number of ether oxygens (including phenoxy) is 1. The molecule has 3 aromatic rings. The SMILES string of the molecule is CCCCn1nc(C(=O)Nc2cc(C)c(Cl)cc2OC)c2ccccc2c1=O. The third-order valence-corrected chi connectivity index (χ3v) is 4.94. The summed E-state index contributed by atoms with van der Waals surface area (Å²) in [7, 11) is 1.51. The molecule has 0 aliphatic carbocycles. The van der Waals surface area contributed by atoms with Crippen LogP contribution in [0.5, 0.6) is 5.75 Å². The van der Waals surface area contributed by atoms with Crippen LogP contribution in [0.3, 0.4) is 0 Å². The van der Waals surface area contributed by atoms with E-state index in [4.69, 9.17) is 16.3 Å². The van der Waals surface area contributed by atoms with Crippen LogP contribution in [-0.2, 0) is 6.54 Å². The van der Waals surface area contributed by atoms with Crippen molar-refractivity contribution in [1.82, 2.24) is 9.78 Å². The summed E-state index contributed by atoms with van der Waals surface area (Å²) in [5.41, 5.74) is 1.30. The van der Waals surface area contributed by atoms with E-state index >= 15 is 0 Å². The number of halogens is 1. The van der Waals surface area contributed by atoms with Gasteiger partial charge < -0.3 is 10.1 Å². The molecule has 0 radical (unpaired) electrons. The highest BCUT2D eigenvalue weighted by Crippen LogP contribution is 2.31. The van der Waals surface area contributed by atoms with E-state index in [0.717, 1.165) is 18.4 Å². The predicted octanol–water partition coefficient (Wildman–Crippen LogP) is 4.42. The molecule has 0 bridgehead atoms. The molecule has 28 heavy (non-hydrogen) atoms. The number of hydrogen-bond donors (Lipinski definition) is 1. The molecule has 0 saturated heterocycles. The number of hydrogen-bond acceptors (Lipinski definition) is 4. The second-order valence-electron chi connectivity index (χ2n) is 6.53. The molecule has 1 amide bonds. The van der Waals surface area contributed by atoms with Gasteiger partial charge in [0, 0.05) is 23.0 Å². The standard InChI is InChI=1S/C21H22ClN3O3/c1-4-5-10-25-21(27)15-9-7-6-8-14(15)19(24-25)20(26)23-17-11-13(2)16(22)12-18(17)28-3/h6-9,11-12H,4-5,10H2,1-3H3,(H,23,26). The van der Waals surface area contributed by atoms with Crippen molar-refractivity contribution in [2.75, 3.05) is 12.4 Å². The van der Waals surface area contributed by atoms with Crippen LogP contribution in [0, 0.1) is 6.92 Å². The van der Waals surface area contributed by atoms with E-state index in [1.807, 2.05) is 13.8 Å². The zero-order valence-electron chi connectivity index (χ0n) is 16.1. The van der Waals surface area contributed by atoms with Gasteiger partial charge in [-0.3, -0.25) is 9.59 Å². The van der Waals surface area contributed by atoms with E-state index in [0.29, 0.717) is 33.8 Å². The van der Waals surface area contributed by atoms with Gasteiger partial charge in [0.1, 0.15) is 5.75 Å². The minimum Gasteiger partial charge on any atom is -0.495 e. The topological polar surface area (TPSA) is 73.2 Å². The first-order chi connectivity index (χ1) is 13.5. The summed E-state index contributed by atoms with van der Waals surface area (Å²) in [6.45, 7) is 4.34. The Morgan fingerprint density at radius 1 is 1.25 bits per heavy atom. The van der Waals surface area contributed by atoms with Crippen LogP contribution in [-0.4, -0.2) is 22.8 Å². The molecule has 146 valence electrons. The maximum atomic E-state index is 13.1. The van der Waals surface area contributed by atoms with Crippen molar-refractivity contribution in [2.24, 2.45) is 0 Å². The highest BCUT2D eigenvalue weighted by atomic mass is 35.5. The lowest BCUT2D eigenvalue weighted by atomic mass is 10.1. The molecular weight excluding hydrogens is 378 g/mol. The maximum Gasteiger partial charge on any atom is 0.276 e. The largest absolute Gasteiger partial charge is 0.495 e. The van der Waals surface area contributed by atoms with Crippen LogP contribution in [0.4, 0.5) is 5.69 Å². The molecule has 1 heterocycles. The first-order valence-electron chi connectivity index (χ1n) is 9.11. The summed E-state index contributed by atoms with van der Waals surface area (Å²) < 4.78 is 6.69. The van der Waals surface area contributed by atoms with Gasteiger partial charge in [-0.25, -0.2) is 4.68 Å². The number of unbranched alkanes of at least 4 members (excludes halogenated alkanes) is 1. The Hall–Kier alpha value is -2.86. The molecule has 0 fully saturated rings. The summed E-state index contributed by atoms with van der Waals surface area (Å²) >= 11 is 6.14. The third-order valence-electron chi connectivity index (χ3n) is 4.54. The lowest BCUT2D eigenvalue weighted by Crippen LogP contribution is -2.27. The van der Waals surface area contributed by atoms with Crippen molar-refractivity contribution in [1.29, 1.82) is 0 Å². The minimum absolute atomic E-state index is 0.194. The fourth-order valence-corrected chi connectivity index (χ4v) is 3.13. The second-order valence-corrected chi connectivity index (χ2v) is 6.94. The molecule has 0 aliphatic rings. The Balaban J connectivity index is 2.08. The van der Waals surface area contributed by atoms with Crippen molar-refractivity contribution in [3.8, 4) is 5.75 Å². The lowest BCUT2D eigenvalue weighted by Gasteiger charge is -2.14. The molecule has 0 saturated carbocycles. The highest BCUT2D eigenvalue weighted by molar-refractivity contribution is 6.31. The normalized spacial score (nSPS) is 10.9. The minimum atomic E-state index is -0.415. The molecule has 1 N–H and O–H groups in total. The summed E-state index contributed by atoms with van der Waals surface area (Å²) in [4.78, 5) is 25.7. The number of nitrogens with zero attached hydrogens (tertiary/aromatic N) is 2. The average Bonchev–Trinajstić information content (AvgIpc) is 2.70.